The summed E-state index contributed by atoms with van der Waals surface area (Å²) < 4.78 is 15.8. The largest absolute Gasteiger partial charge is 0.500 e. The van der Waals surface area contributed by atoms with Crippen molar-refractivity contribution in [1.29, 1.82) is 0 Å². The molecule has 0 aliphatic heterocycles. The Kier molecular flexibility index (Phi) is 8.88. The lowest BCUT2D eigenvalue weighted by molar-refractivity contribution is 0.114. The minimum atomic E-state index is -2.68. The maximum absolute atomic E-state index is 10.6. The van der Waals surface area contributed by atoms with Crippen molar-refractivity contribution in [2.45, 2.75) is 24.9 Å². The molecule has 18 heavy (non-hydrogen) atoms. The third-order valence-electron chi connectivity index (χ3n) is 2.64. The first kappa shape index (κ1) is 17.3. The summed E-state index contributed by atoms with van der Waals surface area (Å²) in [5.74, 6) is 4.93. The van der Waals surface area contributed by atoms with E-state index in [2.05, 4.69) is 10.2 Å². The van der Waals surface area contributed by atoms with E-state index in [1.165, 1.54) is 21.3 Å². The number of rotatable bonds is 10. The molecular formula is C9H22N2O6Si. The monoisotopic (exact) mass is 282 g/mol. The van der Waals surface area contributed by atoms with Crippen LogP contribution in [0.2, 0.25) is 6.04 Å². The van der Waals surface area contributed by atoms with E-state index in [-0.39, 0.29) is 12.6 Å². The number of nitrogens with two attached hydrogens (primary N) is 1. The van der Waals surface area contributed by atoms with Crippen LogP contribution >= 0.6 is 0 Å². The fraction of sp³-hybridized carbons (Fsp3) is 0.889. The van der Waals surface area contributed by atoms with Crippen LogP contribution in [0.5, 0.6) is 0 Å². The van der Waals surface area contributed by atoms with Gasteiger partial charge in [0.05, 0.1) is 6.61 Å². The fourth-order valence-electron chi connectivity index (χ4n) is 1.58. The highest BCUT2D eigenvalue weighted by atomic mass is 28.4. The van der Waals surface area contributed by atoms with Crippen LogP contribution in [0.4, 0.5) is 4.79 Å². The molecule has 0 bridgehead atoms. The second-order valence-corrected chi connectivity index (χ2v) is 6.73. The van der Waals surface area contributed by atoms with E-state index in [1.54, 1.807) is 0 Å². The van der Waals surface area contributed by atoms with E-state index in [9.17, 15) is 4.79 Å². The van der Waals surface area contributed by atoms with Crippen LogP contribution in [0, 0.1) is 0 Å². The van der Waals surface area contributed by atoms with E-state index >= 15 is 0 Å². The number of carboxylic acid groups (broad SMARTS) is 1. The molecule has 0 heterocycles. The Morgan fingerprint density at radius 3 is 2.22 bits per heavy atom. The number of amides is 1. The average Bonchev–Trinajstić information content (AvgIpc) is 2.37. The minimum Gasteiger partial charge on any atom is -0.465 e. The van der Waals surface area contributed by atoms with Gasteiger partial charge in [0.2, 0.25) is 0 Å². The smallest absolute Gasteiger partial charge is 0.465 e. The SMILES string of the molecule is CO[Si](CCC(CCON)NC(=O)O)(OC)OC. The van der Waals surface area contributed by atoms with Crippen LogP contribution in [0.1, 0.15) is 12.8 Å². The molecular weight excluding hydrogens is 260 g/mol. The molecule has 0 aromatic carbocycles. The first-order valence-electron chi connectivity index (χ1n) is 5.50. The quantitative estimate of drug-likeness (QED) is 0.387. The van der Waals surface area contributed by atoms with Crippen molar-refractivity contribution in [1.82, 2.24) is 5.32 Å². The molecule has 1 atom stereocenters. The normalized spacial score (nSPS) is 13.3. The maximum Gasteiger partial charge on any atom is 0.500 e. The standard InChI is InChI=1S/C9H22N2O6Si/c1-14-18(15-2,16-3)7-5-8(4-6-17-10)11-9(12)13/h8,11H,4-7,10H2,1-3H3,(H,12,13). The molecule has 0 saturated heterocycles. The topological polar surface area (TPSA) is 112 Å². The van der Waals surface area contributed by atoms with Crippen LogP contribution in [0.25, 0.3) is 0 Å². The van der Waals surface area contributed by atoms with Crippen molar-refractivity contribution in [3.63, 3.8) is 0 Å². The van der Waals surface area contributed by atoms with Gasteiger partial charge in [-0.25, -0.2) is 10.7 Å². The number of carbonyl (C=O) groups is 1. The Morgan fingerprint density at radius 1 is 1.28 bits per heavy atom. The Balaban J connectivity index is 4.33. The van der Waals surface area contributed by atoms with Crippen molar-refractivity contribution in [2.24, 2.45) is 5.90 Å². The summed E-state index contributed by atoms with van der Waals surface area (Å²) in [6.07, 6.45) is -0.0847. The Morgan fingerprint density at radius 2 is 1.83 bits per heavy atom. The van der Waals surface area contributed by atoms with Gasteiger partial charge in [-0.05, 0) is 12.8 Å². The van der Waals surface area contributed by atoms with Crippen LogP contribution in [-0.2, 0) is 18.1 Å². The summed E-state index contributed by atoms with van der Waals surface area (Å²) in [4.78, 5) is 15.1. The predicted molar refractivity (Wildman–Crippen MR) is 65.9 cm³/mol. The molecule has 0 radical (unpaired) electrons. The molecule has 0 fully saturated rings. The molecule has 0 aromatic rings. The molecule has 1 amide bonds. The van der Waals surface area contributed by atoms with Crippen molar-refractivity contribution in [3.05, 3.63) is 0 Å². The van der Waals surface area contributed by atoms with E-state index in [0.717, 1.165) is 0 Å². The van der Waals surface area contributed by atoms with Gasteiger partial charge in [-0.15, -0.1) is 0 Å². The zero-order chi connectivity index (χ0) is 14.0. The molecule has 8 nitrogen and oxygen atoms in total. The van der Waals surface area contributed by atoms with E-state index in [0.29, 0.717) is 18.9 Å². The molecule has 0 rings (SSSR count). The summed E-state index contributed by atoms with van der Waals surface area (Å²) in [5, 5.41) is 11.1. The average molecular weight is 282 g/mol. The zero-order valence-corrected chi connectivity index (χ0v) is 12.0. The van der Waals surface area contributed by atoms with Gasteiger partial charge in [0.25, 0.3) is 0 Å². The number of hydrogen-bond donors (Lipinski definition) is 3. The first-order valence-corrected chi connectivity index (χ1v) is 7.43. The molecule has 4 N–H and O–H groups in total. The van der Waals surface area contributed by atoms with Gasteiger partial charge in [-0.1, -0.05) is 0 Å². The van der Waals surface area contributed by atoms with Gasteiger partial charge in [0, 0.05) is 33.4 Å². The third kappa shape index (κ3) is 6.28. The molecule has 0 aliphatic rings. The summed E-state index contributed by atoms with van der Waals surface area (Å²) in [5.41, 5.74) is 0. The van der Waals surface area contributed by atoms with Gasteiger partial charge in [0.1, 0.15) is 0 Å². The Bertz CT molecular complexity index is 231. The van der Waals surface area contributed by atoms with Crippen molar-refractivity contribution >= 4 is 14.9 Å². The second kappa shape index (κ2) is 9.25. The van der Waals surface area contributed by atoms with Crippen LogP contribution < -0.4 is 11.2 Å². The van der Waals surface area contributed by atoms with Gasteiger partial charge >= 0.3 is 14.9 Å². The maximum atomic E-state index is 10.6. The second-order valence-electron chi connectivity index (χ2n) is 3.64. The van der Waals surface area contributed by atoms with Gasteiger partial charge < -0.3 is 28.5 Å². The molecule has 1 unspecified atom stereocenters. The van der Waals surface area contributed by atoms with Crippen molar-refractivity contribution < 1.29 is 28.0 Å². The molecule has 0 saturated carbocycles. The lowest BCUT2D eigenvalue weighted by Gasteiger charge is -2.26. The minimum absolute atomic E-state index is 0.270. The molecule has 0 aromatic heterocycles. The van der Waals surface area contributed by atoms with E-state index < -0.39 is 14.9 Å². The number of hydrogen-bond acceptors (Lipinski definition) is 6. The highest BCUT2D eigenvalue weighted by molar-refractivity contribution is 6.60. The molecule has 108 valence electrons. The van der Waals surface area contributed by atoms with Crippen LogP contribution in [0.15, 0.2) is 0 Å². The molecule has 0 aliphatic carbocycles. The van der Waals surface area contributed by atoms with Crippen LogP contribution in [0.3, 0.4) is 0 Å². The van der Waals surface area contributed by atoms with E-state index in [4.69, 9.17) is 24.3 Å². The van der Waals surface area contributed by atoms with Gasteiger partial charge in [0.15, 0.2) is 0 Å². The summed E-state index contributed by atoms with van der Waals surface area (Å²) >= 11 is 0. The molecule has 0 spiro atoms. The number of nitrogens with one attached hydrogen (secondary N) is 1. The summed E-state index contributed by atoms with van der Waals surface area (Å²) in [6, 6.07) is 0.227. The summed E-state index contributed by atoms with van der Waals surface area (Å²) in [7, 11) is 1.87. The first-order chi connectivity index (χ1) is 8.53. The summed E-state index contributed by atoms with van der Waals surface area (Å²) in [6.45, 7) is 0.270. The lowest BCUT2D eigenvalue weighted by atomic mass is 10.1. The third-order valence-corrected chi connectivity index (χ3v) is 5.41. The lowest BCUT2D eigenvalue weighted by Crippen LogP contribution is -2.45. The van der Waals surface area contributed by atoms with E-state index in [1.807, 2.05) is 0 Å². The fourth-order valence-corrected chi connectivity index (χ4v) is 3.40. The zero-order valence-electron chi connectivity index (χ0n) is 11.0. The van der Waals surface area contributed by atoms with Crippen LogP contribution in [-0.4, -0.2) is 54.0 Å². The highest BCUT2D eigenvalue weighted by Crippen LogP contribution is 2.17. The van der Waals surface area contributed by atoms with Crippen molar-refractivity contribution in [3.8, 4) is 0 Å². The van der Waals surface area contributed by atoms with Crippen molar-refractivity contribution in [2.75, 3.05) is 27.9 Å². The van der Waals surface area contributed by atoms with Gasteiger partial charge in [-0.2, -0.15) is 0 Å². The Hall–Kier alpha value is -0.713. The molecule has 9 heteroatoms. The Labute approximate surface area is 108 Å². The highest BCUT2D eigenvalue weighted by Gasteiger charge is 2.38. The van der Waals surface area contributed by atoms with Gasteiger partial charge in [-0.3, -0.25) is 0 Å². The predicted octanol–water partition coefficient (Wildman–Crippen LogP) is 0.171.